The number of carbonyl (C=O) groups excluding carboxylic acids is 1. The number of alkyl halides is 3. The van der Waals surface area contributed by atoms with E-state index in [9.17, 15) is 33.0 Å². The molecule has 2 N–H and O–H groups in total. The second-order valence-corrected chi connectivity index (χ2v) is 8.89. The molecule has 0 bridgehead atoms. The Labute approximate surface area is 216 Å². The average molecular weight is 539 g/mol. The number of rotatable bonds is 10. The van der Waals surface area contributed by atoms with E-state index in [1.165, 1.54) is 44.4 Å². The molecule has 0 unspecified atom stereocenters. The zero-order chi connectivity index (χ0) is 28.3. The predicted octanol–water partition coefficient (Wildman–Crippen LogP) is 4.54. The molecule has 0 fully saturated rings. The maximum absolute atomic E-state index is 14.1. The SMILES string of the molecule is COc1cc2oc(C)cc(=O)c2c(O)c1CC[C@H](O)C[C@H](C)OC(=O)[C@@](OC)(c1ccccc1)C(F)(F)F. The summed E-state index contributed by atoms with van der Waals surface area (Å²) in [5, 5.41) is 21.2. The molecular weight excluding hydrogens is 509 g/mol. The largest absolute Gasteiger partial charge is 0.507 e. The molecule has 3 atom stereocenters. The summed E-state index contributed by atoms with van der Waals surface area (Å²) in [6, 6.07) is 9.11. The van der Waals surface area contributed by atoms with E-state index >= 15 is 0 Å². The molecule has 2 aromatic carbocycles. The number of aliphatic hydroxyl groups is 1. The van der Waals surface area contributed by atoms with Gasteiger partial charge in [0.25, 0.3) is 5.60 Å². The van der Waals surface area contributed by atoms with Gasteiger partial charge in [-0.25, -0.2) is 4.79 Å². The van der Waals surface area contributed by atoms with E-state index in [0.29, 0.717) is 5.76 Å². The molecule has 206 valence electrons. The van der Waals surface area contributed by atoms with Crippen LogP contribution in [0.1, 0.15) is 36.7 Å². The minimum atomic E-state index is -5.12. The highest BCUT2D eigenvalue weighted by molar-refractivity contribution is 5.87. The highest BCUT2D eigenvalue weighted by atomic mass is 19.4. The normalized spacial score (nSPS) is 15.1. The van der Waals surface area contributed by atoms with Gasteiger partial charge in [-0.05, 0) is 26.7 Å². The van der Waals surface area contributed by atoms with Crippen molar-refractivity contribution in [3.05, 3.63) is 69.6 Å². The molecule has 0 aliphatic rings. The fourth-order valence-electron chi connectivity index (χ4n) is 4.38. The summed E-state index contributed by atoms with van der Waals surface area (Å²) in [5.41, 5.74) is -3.84. The number of aliphatic hydroxyl groups excluding tert-OH is 1. The summed E-state index contributed by atoms with van der Waals surface area (Å²) in [7, 11) is 2.14. The topological polar surface area (TPSA) is 115 Å². The van der Waals surface area contributed by atoms with Crippen LogP contribution in [0.15, 0.2) is 51.7 Å². The van der Waals surface area contributed by atoms with Crippen molar-refractivity contribution in [2.45, 2.75) is 57.1 Å². The number of ether oxygens (including phenoxy) is 3. The number of phenols is 1. The molecule has 0 aliphatic heterocycles. The molecule has 3 aromatic rings. The predicted molar refractivity (Wildman–Crippen MR) is 131 cm³/mol. The van der Waals surface area contributed by atoms with E-state index in [0.717, 1.165) is 19.2 Å². The minimum absolute atomic E-state index is 0.0158. The number of hydrogen-bond donors (Lipinski definition) is 2. The van der Waals surface area contributed by atoms with Crippen LogP contribution in [0.25, 0.3) is 11.0 Å². The zero-order valence-electron chi connectivity index (χ0n) is 21.3. The lowest BCUT2D eigenvalue weighted by Gasteiger charge is -2.33. The van der Waals surface area contributed by atoms with Gasteiger partial charge in [0.2, 0.25) is 0 Å². The Kier molecular flexibility index (Phi) is 8.73. The molecule has 0 aliphatic carbocycles. The van der Waals surface area contributed by atoms with E-state index < -0.39 is 40.9 Å². The second-order valence-electron chi connectivity index (χ2n) is 8.89. The number of carbonyl (C=O) groups is 1. The third-order valence-electron chi connectivity index (χ3n) is 6.21. The lowest BCUT2D eigenvalue weighted by atomic mass is 9.92. The van der Waals surface area contributed by atoms with Crippen LogP contribution in [0.4, 0.5) is 13.2 Å². The van der Waals surface area contributed by atoms with Gasteiger partial charge in [-0.3, -0.25) is 4.79 Å². The maximum Gasteiger partial charge on any atom is 0.432 e. The number of hydrogen-bond acceptors (Lipinski definition) is 8. The Morgan fingerprint density at radius 2 is 1.79 bits per heavy atom. The number of phenolic OH excluding ortho intramolecular Hbond substituents is 1. The Bertz CT molecular complexity index is 1340. The van der Waals surface area contributed by atoms with Crippen molar-refractivity contribution in [3.63, 3.8) is 0 Å². The molecule has 0 saturated heterocycles. The molecule has 0 radical (unpaired) electrons. The standard InChI is InChI=1S/C27H29F3O8/c1-15(38-25(34)26(36-4,27(28,29)30)17-8-6-5-7-9-17)12-18(31)10-11-19-21(35-3)14-22-23(24(19)33)20(32)13-16(2)37-22/h5-9,13-15,18,31,33H,10-12H2,1-4H3/t15-,18-,26-/m0/s1. The van der Waals surface area contributed by atoms with E-state index in [-0.39, 0.29) is 47.3 Å². The van der Waals surface area contributed by atoms with Crippen LogP contribution in [0.5, 0.6) is 11.5 Å². The fraction of sp³-hybridized carbons (Fsp3) is 0.407. The molecule has 0 amide bonds. The molecule has 3 rings (SSSR count). The van der Waals surface area contributed by atoms with E-state index in [1.807, 2.05) is 0 Å². The highest BCUT2D eigenvalue weighted by Gasteiger charge is 2.64. The summed E-state index contributed by atoms with van der Waals surface area (Å²) >= 11 is 0. The number of benzene rings is 2. The van der Waals surface area contributed by atoms with Gasteiger partial charge in [-0.1, -0.05) is 30.3 Å². The monoisotopic (exact) mass is 538 g/mol. The van der Waals surface area contributed by atoms with E-state index in [1.54, 1.807) is 6.92 Å². The number of halogens is 3. The quantitative estimate of drug-likeness (QED) is 0.362. The van der Waals surface area contributed by atoms with E-state index in [4.69, 9.17) is 18.6 Å². The first-order chi connectivity index (χ1) is 17.8. The molecule has 8 nitrogen and oxygen atoms in total. The summed E-state index contributed by atoms with van der Waals surface area (Å²) < 4.78 is 62.8. The number of aryl methyl sites for hydroxylation is 1. The first-order valence-electron chi connectivity index (χ1n) is 11.8. The zero-order valence-corrected chi connectivity index (χ0v) is 21.3. The first-order valence-corrected chi connectivity index (χ1v) is 11.8. The van der Waals surface area contributed by atoms with Crippen molar-refractivity contribution < 1.29 is 46.8 Å². The first kappa shape index (κ1) is 29.0. The summed E-state index contributed by atoms with van der Waals surface area (Å²) in [6.45, 7) is 2.94. The number of fused-ring (bicyclic) bond motifs is 1. The molecule has 0 spiro atoms. The van der Waals surface area contributed by atoms with Gasteiger partial charge in [-0.2, -0.15) is 13.2 Å². The number of methoxy groups -OCH3 is 2. The smallest absolute Gasteiger partial charge is 0.432 e. The molecular formula is C27H29F3O8. The van der Waals surface area contributed by atoms with Crippen LogP contribution >= 0.6 is 0 Å². The van der Waals surface area contributed by atoms with Gasteiger partial charge in [-0.15, -0.1) is 0 Å². The van der Waals surface area contributed by atoms with Crippen molar-refractivity contribution in [3.8, 4) is 11.5 Å². The summed E-state index contributed by atoms with van der Waals surface area (Å²) in [4.78, 5) is 25.2. The van der Waals surface area contributed by atoms with Crippen molar-refractivity contribution in [1.29, 1.82) is 0 Å². The van der Waals surface area contributed by atoms with Crippen molar-refractivity contribution >= 4 is 16.9 Å². The van der Waals surface area contributed by atoms with Gasteiger partial charge >= 0.3 is 12.1 Å². The van der Waals surface area contributed by atoms with E-state index in [2.05, 4.69) is 0 Å². The number of esters is 1. The van der Waals surface area contributed by atoms with Crippen LogP contribution < -0.4 is 10.2 Å². The van der Waals surface area contributed by atoms with Crippen LogP contribution in [-0.2, 0) is 26.3 Å². The van der Waals surface area contributed by atoms with Gasteiger partial charge < -0.3 is 28.8 Å². The number of aromatic hydroxyl groups is 1. The lowest BCUT2D eigenvalue weighted by molar-refractivity contribution is -0.278. The van der Waals surface area contributed by atoms with Gasteiger partial charge in [0.15, 0.2) is 5.43 Å². The third kappa shape index (κ3) is 5.63. The molecule has 11 heteroatoms. The Morgan fingerprint density at radius 1 is 1.13 bits per heavy atom. The second kappa shape index (κ2) is 11.4. The molecule has 1 aromatic heterocycles. The summed E-state index contributed by atoms with van der Waals surface area (Å²) in [6.07, 6.45) is -7.49. The van der Waals surface area contributed by atoms with Crippen LogP contribution in [0.2, 0.25) is 0 Å². The van der Waals surface area contributed by atoms with Crippen LogP contribution in [-0.4, -0.2) is 48.8 Å². The lowest BCUT2D eigenvalue weighted by Crippen LogP contribution is -2.52. The molecule has 0 saturated carbocycles. The maximum atomic E-state index is 14.1. The highest BCUT2D eigenvalue weighted by Crippen LogP contribution is 2.43. The molecule has 38 heavy (non-hydrogen) atoms. The Morgan fingerprint density at radius 3 is 2.37 bits per heavy atom. The Hall–Kier alpha value is -3.57. The van der Waals surface area contributed by atoms with Gasteiger partial charge in [0.05, 0.1) is 13.2 Å². The minimum Gasteiger partial charge on any atom is -0.507 e. The average Bonchev–Trinajstić information content (AvgIpc) is 2.83. The van der Waals surface area contributed by atoms with Gasteiger partial charge in [0, 0.05) is 36.8 Å². The summed E-state index contributed by atoms with van der Waals surface area (Å²) in [5.74, 6) is -1.42. The van der Waals surface area contributed by atoms with Gasteiger partial charge in [0.1, 0.15) is 34.3 Å². The van der Waals surface area contributed by atoms with Crippen LogP contribution in [0.3, 0.4) is 0 Å². The fourth-order valence-corrected chi connectivity index (χ4v) is 4.38. The van der Waals surface area contributed by atoms with Crippen molar-refractivity contribution in [1.82, 2.24) is 0 Å². The van der Waals surface area contributed by atoms with Crippen LogP contribution in [0, 0.1) is 6.92 Å². The molecule has 1 heterocycles. The Balaban J connectivity index is 1.74. The van der Waals surface area contributed by atoms with Crippen molar-refractivity contribution in [2.75, 3.05) is 14.2 Å². The van der Waals surface area contributed by atoms with Crippen molar-refractivity contribution in [2.24, 2.45) is 0 Å². The third-order valence-corrected chi connectivity index (χ3v) is 6.21.